The summed E-state index contributed by atoms with van der Waals surface area (Å²) in [5.74, 6) is 0.520. The third kappa shape index (κ3) is 3.85. The molecule has 6 nitrogen and oxygen atoms in total. The van der Waals surface area contributed by atoms with Crippen LogP contribution in [0.2, 0.25) is 0 Å². The lowest BCUT2D eigenvalue weighted by molar-refractivity contribution is 0.590. The van der Waals surface area contributed by atoms with Crippen molar-refractivity contribution in [2.45, 2.75) is 6.92 Å². The number of para-hydroxylation sites is 1. The number of rotatable bonds is 4. The third-order valence-electron chi connectivity index (χ3n) is 4.59. The van der Waals surface area contributed by atoms with Crippen LogP contribution < -0.4 is 15.1 Å². The van der Waals surface area contributed by atoms with Gasteiger partial charge >= 0.3 is 0 Å². The van der Waals surface area contributed by atoms with Gasteiger partial charge in [-0.2, -0.15) is 4.98 Å². The highest BCUT2D eigenvalue weighted by Crippen LogP contribution is 2.24. The molecule has 0 unspecified atom stereocenters. The molecule has 3 heterocycles. The van der Waals surface area contributed by atoms with Crippen molar-refractivity contribution >= 4 is 23.3 Å². The van der Waals surface area contributed by atoms with Crippen LogP contribution in [0.4, 0.5) is 32.1 Å². The fourth-order valence-corrected chi connectivity index (χ4v) is 3.18. The van der Waals surface area contributed by atoms with Gasteiger partial charge in [0.25, 0.3) is 0 Å². The summed E-state index contributed by atoms with van der Waals surface area (Å²) in [6.45, 7) is 4.87. The Morgan fingerprint density at radius 1 is 0.893 bits per heavy atom. The molecule has 0 bridgehead atoms. The molecule has 1 saturated heterocycles. The summed E-state index contributed by atoms with van der Waals surface area (Å²) < 4.78 is 27.9. The number of pyridine rings is 1. The van der Waals surface area contributed by atoms with E-state index in [0.29, 0.717) is 11.8 Å². The lowest BCUT2D eigenvalue weighted by Gasteiger charge is -2.35. The number of piperazine rings is 1. The van der Waals surface area contributed by atoms with Gasteiger partial charge in [-0.1, -0.05) is 12.1 Å². The highest BCUT2D eigenvalue weighted by molar-refractivity contribution is 5.59. The van der Waals surface area contributed by atoms with Crippen LogP contribution in [0.1, 0.15) is 5.69 Å². The monoisotopic (exact) mass is 382 g/mol. The van der Waals surface area contributed by atoms with Crippen molar-refractivity contribution in [1.29, 1.82) is 0 Å². The molecule has 8 heteroatoms. The Morgan fingerprint density at radius 2 is 1.61 bits per heavy atom. The van der Waals surface area contributed by atoms with E-state index < -0.39 is 11.6 Å². The summed E-state index contributed by atoms with van der Waals surface area (Å²) in [7, 11) is 0. The first-order chi connectivity index (χ1) is 13.6. The minimum atomic E-state index is -0.665. The van der Waals surface area contributed by atoms with Crippen molar-refractivity contribution in [3.05, 3.63) is 66.0 Å². The summed E-state index contributed by atoms with van der Waals surface area (Å²) in [4.78, 5) is 17.6. The van der Waals surface area contributed by atoms with Gasteiger partial charge in [-0.05, 0) is 31.2 Å². The average molecular weight is 382 g/mol. The summed E-state index contributed by atoms with van der Waals surface area (Å²) in [6.07, 6.45) is 1.78. The molecule has 1 aromatic carbocycles. The van der Waals surface area contributed by atoms with Crippen LogP contribution in [0.5, 0.6) is 0 Å². The van der Waals surface area contributed by atoms with Gasteiger partial charge in [0.2, 0.25) is 5.95 Å². The van der Waals surface area contributed by atoms with Crippen LogP contribution >= 0.6 is 0 Å². The number of nitrogens with one attached hydrogen (secondary N) is 1. The highest BCUT2D eigenvalue weighted by atomic mass is 19.1. The van der Waals surface area contributed by atoms with E-state index in [0.717, 1.165) is 37.7 Å². The van der Waals surface area contributed by atoms with Crippen molar-refractivity contribution in [1.82, 2.24) is 15.0 Å². The second-order valence-electron chi connectivity index (χ2n) is 6.58. The summed E-state index contributed by atoms with van der Waals surface area (Å²) in [6, 6.07) is 11.3. The van der Waals surface area contributed by atoms with Crippen molar-refractivity contribution in [2.75, 3.05) is 41.3 Å². The Balaban J connectivity index is 1.50. The Labute approximate surface area is 161 Å². The normalized spacial score (nSPS) is 14.2. The second-order valence-corrected chi connectivity index (χ2v) is 6.58. The van der Waals surface area contributed by atoms with Gasteiger partial charge in [-0.3, -0.25) is 0 Å². The van der Waals surface area contributed by atoms with E-state index in [-0.39, 0.29) is 5.69 Å². The van der Waals surface area contributed by atoms with Crippen LogP contribution in [0.3, 0.4) is 0 Å². The van der Waals surface area contributed by atoms with Gasteiger partial charge in [0, 0.05) is 44.1 Å². The third-order valence-corrected chi connectivity index (χ3v) is 4.59. The maximum Gasteiger partial charge on any atom is 0.227 e. The standard InChI is InChI=1S/C20H20F2N6/c1-14-13-17(25-19-15(21)5-4-6-16(19)22)26-20(24-14)28-11-9-27(10-12-28)18-7-2-3-8-23-18/h2-8,13H,9-12H2,1H3,(H,24,25,26). The molecule has 1 aliphatic heterocycles. The van der Waals surface area contributed by atoms with E-state index in [1.54, 1.807) is 12.3 Å². The van der Waals surface area contributed by atoms with E-state index in [4.69, 9.17) is 0 Å². The zero-order chi connectivity index (χ0) is 19.5. The molecule has 28 heavy (non-hydrogen) atoms. The molecule has 2 aromatic heterocycles. The fraction of sp³-hybridized carbons (Fsp3) is 0.250. The molecule has 1 fully saturated rings. The number of nitrogens with zero attached hydrogens (tertiary/aromatic N) is 5. The van der Waals surface area contributed by atoms with Gasteiger partial charge in [-0.15, -0.1) is 0 Å². The fourth-order valence-electron chi connectivity index (χ4n) is 3.18. The molecule has 0 saturated carbocycles. The van der Waals surface area contributed by atoms with Gasteiger partial charge in [0.05, 0.1) is 0 Å². The van der Waals surface area contributed by atoms with Gasteiger partial charge < -0.3 is 15.1 Å². The van der Waals surface area contributed by atoms with Crippen molar-refractivity contribution in [3.8, 4) is 0 Å². The van der Waals surface area contributed by atoms with Gasteiger partial charge in [0.1, 0.15) is 29.0 Å². The zero-order valence-electron chi connectivity index (χ0n) is 15.4. The number of hydrogen-bond donors (Lipinski definition) is 1. The molecule has 3 aromatic rings. The Bertz CT molecular complexity index is 938. The highest BCUT2D eigenvalue weighted by Gasteiger charge is 2.21. The minimum Gasteiger partial charge on any atom is -0.353 e. The van der Waals surface area contributed by atoms with Crippen LogP contribution in [-0.2, 0) is 0 Å². The summed E-state index contributed by atoms with van der Waals surface area (Å²) in [5, 5.41) is 2.75. The predicted octanol–water partition coefficient (Wildman–Crippen LogP) is 3.53. The predicted molar refractivity (Wildman–Crippen MR) is 105 cm³/mol. The molecule has 1 aliphatic rings. The first-order valence-electron chi connectivity index (χ1n) is 9.08. The van der Waals surface area contributed by atoms with E-state index in [2.05, 4.69) is 30.1 Å². The molecule has 0 atom stereocenters. The lowest BCUT2D eigenvalue weighted by atomic mass is 10.3. The molecule has 4 rings (SSSR count). The van der Waals surface area contributed by atoms with Crippen LogP contribution in [0, 0.1) is 18.6 Å². The number of benzene rings is 1. The maximum absolute atomic E-state index is 13.9. The van der Waals surface area contributed by atoms with Crippen molar-refractivity contribution < 1.29 is 8.78 Å². The minimum absolute atomic E-state index is 0.216. The smallest absolute Gasteiger partial charge is 0.227 e. The molecule has 0 radical (unpaired) electrons. The Morgan fingerprint density at radius 3 is 2.29 bits per heavy atom. The molecule has 1 N–H and O–H groups in total. The first-order valence-corrected chi connectivity index (χ1v) is 9.08. The molecule has 0 spiro atoms. The van der Waals surface area contributed by atoms with Gasteiger partial charge in [0.15, 0.2) is 0 Å². The summed E-state index contributed by atoms with van der Waals surface area (Å²) >= 11 is 0. The van der Waals surface area contributed by atoms with Crippen LogP contribution in [0.25, 0.3) is 0 Å². The number of hydrogen-bond acceptors (Lipinski definition) is 6. The quantitative estimate of drug-likeness (QED) is 0.745. The van der Waals surface area contributed by atoms with E-state index in [9.17, 15) is 8.78 Å². The SMILES string of the molecule is Cc1cc(Nc2c(F)cccc2F)nc(N2CCN(c3ccccn3)CC2)n1. The first kappa shape index (κ1) is 18.1. The zero-order valence-corrected chi connectivity index (χ0v) is 15.4. The van der Waals surface area contributed by atoms with Crippen LogP contribution in [0.15, 0.2) is 48.7 Å². The largest absolute Gasteiger partial charge is 0.353 e. The van der Waals surface area contributed by atoms with Crippen molar-refractivity contribution in [3.63, 3.8) is 0 Å². The van der Waals surface area contributed by atoms with E-state index >= 15 is 0 Å². The average Bonchev–Trinajstić information content (AvgIpc) is 2.71. The maximum atomic E-state index is 13.9. The van der Waals surface area contributed by atoms with E-state index in [1.807, 2.05) is 25.1 Å². The molecule has 144 valence electrons. The lowest BCUT2D eigenvalue weighted by Crippen LogP contribution is -2.47. The number of aromatic nitrogens is 3. The second kappa shape index (κ2) is 7.75. The number of aryl methyl sites for hydroxylation is 1. The topological polar surface area (TPSA) is 57.2 Å². The number of anilines is 4. The molecule has 0 amide bonds. The van der Waals surface area contributed by atoms with E-state index in [1.165, 1.54) is 18.2 Å². The van der Waals surface area contributed by atoms with Gasteiger partial charge in [-0.25, -0.2) is 18.7 Å². The number of halogens is 2. The molecule has 0 aliphatic carbocycles. The Hall–Kier alpha value is -3.29. The Kier molecular flexibility index (Phi) is 5.01. The summed E-state index contributed by atoms with van der Waals surface area (Å²) in [5.41, 5.74) is 0.503. The van der Waals surface area contributed by atoms with Crippen molar-refractivity contribution in [2.24, 2.45) is 0 Å². The molecular formula is C20H20F2N6. The molecular weight excluding hydrogens is 362 g/mol. The van der Waals surface area contributed by atoms with Crippen LogP contribution in [-0.4, -0.2) is 41.1 Å².